The molecule has 0 spiro atoms. The lowest BCUT2D eigenvalue weighted by molar-refractivity contribution is 0.535. The molecular weight excluding hydrogens is 276 g/mol. The Balaban J connectivity index is 2.58. The van der Waals surface area contributed by atoms with Gasteiger partial charge in [0.1, 0.15) is 5.82 Å². The fourth-order valence-electron chi connectivity index (χ4n) is 1.91. The first-order valence-electron chi connectivity index (χ1n) is 6.46. The number of rotatable bonds is 5. The van der Waals surface area contributed by atoms with Gasteiger partial charge in [-0.15, -0.1) is 10.2 Å². The number of primary sulfonamides is 1. The van der Waals surface area contributed by atoms with Crippen LogP contribution in [0.15, 0.2) is 35.5 Å². The van der Waals surface area contributed by atoms with Gasteiger partial charge in [-0.1, -0.05) is 38.5 Å². The molecule has 1 atom stereocenters. The van der Waals surface area contributed by atoms with Crippen LogP contribution in [0, 0.1) is 5.92 Å². The van der Waals surface area contributed by atoms with E-state index < -0.39 is 10.0 Å². The highest BCUT2D eigenvalue weighted by Gasteiger charge is 2.22. The maximum Gasteiger partial charge on any atom is 0.274 e. The summed E-state index contributed by atoms with van der Waals surface area (Å²) >= 11 is 0. The van der Waals surface area contributed by atoms with Gasteiger partial charge in [-0.2, -0.15) is 0 Å². The van der Waals surface area contributed by atoms with Gasteiger partial charge in [0.25, 0.3) is 15.2 Å². The number of aromatic nitrogens is 3. The zero-order valence-corrected chi connectivity index (χ0v) is 12.3. The molecule has 1 heterocycles. The Bertz CT molecular complexity index is 680. The van der Waals surface area contributed by atoms with Crippen molar-refractivity contribution in [1.82, 2.24) is 14.8 Å². The largest absolute Gasteiger partial charge is 0.274 e. The van der Waals surface area contributed by atoms with Crippen LogP contribution in [0.4, 0.5) is 0 Å². The van der Waals surface area contributed by atoms with E-state index in [0.717, 1.165) is 6.42 Å². The van der Waals surface area contributed by atoms with E-state index in [1.165, 1.54) is 4.57 Å². The Labute approximate surface area is 118 Å². The molecule has 0 fully saturated rings. The number of hydrogen-bond acceptors (Lipinski definition) is 4. The number of hydrogen-bond donors (Lipinski definition) is 1. The molecule has 1 aromatic carbocycles. The van der Waals surface area contributed by atoms with Crippen molar-refractivity contribution in [3.8, 4) is 5.69 Å². The predicted molar refractivity (Wildman–Crippen MR) is 75.9 cm³/mol. The van der Waals surface area contributed by atoms with Gasteiger partial charge >= 0.3 is 0 Å². The summed E-state index contributed by atoms with van der Waals surface area (Å²) in [5.41, 5.74) is 0.694. The fraction of sp³-hybridized carbons (Fsp3) is 0.385. The second-order valence-corrected chi connectivity index (χ2v) is 6.29. The van der Waals surface area contributed by atoms with Gasteiger partial charge < -0.3 is 0 Å². The van der Waals surface area contributed by atoms with E-state index in [4.69, 9.17) is 5.14 Å². The summed E-state index contributed by atoms with van der Waals surface area (Å²) in [5.74, 6) is 0.990. The summed E-state index contributed by atoms with van der Waals surface area (Å²) < 4.78 is 24.8. The molecule has 0 bridgehead atoms. The molecule has 20 heavy (non-hydrogen) atoms. The summed E-state index contributed by atoms with van der Waals surface area (Å²) in [5, 5.41) is 12.8. The third kappa shape index (κ3) is 3.05. The van der Waals surface area contributed by atoms with Crippen molar-refractivity contribution in [3.05, 3.63) is 36.2 Å². The van der Waals surface area contributed by atoms with Crippen LogP contribution in [0.25, 0.3) is 5.69 Å². The van der Waals surface area contributed by atoms with Crippen molar-refractivity contribution in [2.45, 2.75) is 31.8 Å². The molecule has 0 saturated carbocycles. The molecule has 0 aliphatic rings. The third-order valence-electron chi connectivity index (χ3n) is 3.20. The van der Waals surface area contributed by atoms with Crippen LogP contribution in [-0.4, -0.2) is 23.2 Å². The summed E-state index contributed by atoms with van der Waals surface area (Å²) in [4.78, 5) is 0. The molecule has 2 N–H and O–H groups in total. The highest BCUT2D eigenvalue weighted by molar-refractivity contribution is 7.89. The maximum atomic E-state index is 11.7. The Morgan fingerprint density at radius 1 is 1.25 bits per heavy atom. The molecule has 0 saturated heterocycles. The van der Waals surface area contributed by atoms with Crippen LogP contribution in [-0.2, 0) is 16.4 Å². The standard InChI is InChI=1S/C13H18N4O2S/c1-3-10(2)9-12-15-16-13(20(14,18)19)17(12)11-7-5-4-6-8-11/h4-8,10H,3,9H2,1-2H3,(H2,14,18,19). The fourth-order valence-corrected chi connectivity index (χ4v) is 2.53. The van der Waals surface area contributed by atoms with Crippen molar-refractivity contribution in [3.63, 3.8) is 0 Å². The lowest BCUT2D eigenvalue weighted by Crippen LogP contribution is -2.19. The van der Waals surface area contributed by atoms with Crippen molar-refractivity contribution in [2.75, 3.05) is 0 Å². The second-order valence-electron chi connectivity index (χ2n) is 4.83. The molecule has 0 radical (unpaired) electrons. The maximum absolute atomic E-state index is 11.7. The number of nitrogens with two attached hydrogens (primary N) is 1. The molecule has 2 rings (SSSR count). The number of sulfonamides is 1. The Morgan fingerprint density at radius 3 is 2.45 bits per heavy atom. The molecule has 1 unspecified atom stereocenters. The van der Waals surface area contributed by atoms with Gasteiger partial charge in [0.2, 0.25) is 0 Å². The van der Waals surface area contributed by atoms with Crippen LogP contribution in [0.5, 0.6) is 0 Å². The van der Waals surface area contributed by atoms with Crippen molar-refractivity contribution in [1.29, 1.82) is 0 Å². The van der Waals surface area contributed by atoms with E-state index >= 15 is 0 Å². The monoisotopic (exact) mass is 294 g/mol. The minimum absolute atomic E-state index is 0.220. The van der Waals surface area contributed by atoms with Crippen molar-refractivity contribution < 1.29 is 8.42 Å². The first-order valence-corrected chi connectivity index (χ1v) is 8.00. The highest BCUT2D eigenvalue weighted by atomic mass is 32.2. The van der Waals surface area contributed by atoms with E-state index in [2.05, 4.69) is 24.0 Å². The first kappa shape index (κ1) is 14.7. The molecule has 0 amide bonds. The van der Waals surface area contributed by atoms with Crippen LogP contribution >= 0.6 is 0 Å². The van der Waals surface area contributed by atoms with E-state index in [1.54, 1.807) is 12.1 Å². The molecule has 0 aliphatic heterocycles. The first-order chi connectivity index (χ1) is 9.43. The van der Waals surface area contributed by atoms with Gasteiger partial charge in [-0.25, -0.2) is 13.6 Å². The molecule has 7 heteroatoms. The minimum atomic E-state index is -3.91. The SMILES string of the molecule is CCC(C)Cc1nnc(S(N)(=O)=O)n1-c1ccccc1. The molecule has 108 valence electrons. The zero-order chi connectivity index (χ0) is 14.8. The minimum Gasteiger partial charge on any atom is -0.269 e. The van der Waals surface area contributed by atoms with Gasteiger partial charge in [0, 0.05) is 12.1 Å². The van der Waals surface area contributed by atoms with Crippen molar-refractivity contribution >= 4 is 10.0 Å². The Hall–Kier alpha value is -1.73. The highest BCUT2D eigenvalue weighted by Crippen LogP contribution is 2.19. The van der Waals surface area contributed by atoms with E-state index in [0.29, 0.717) is 23.9 Å². The van der Waals surface area contributed by atoms with Gasteiger partial charge in [-0.3, -0.25) is 4.57 Å². The van der Waals surface area contributed by atoms with Gasteiger partial charge in [-0.05, 0) is 18.1 Å². The molecule has 1 aromatic heterocycles. The number of benzene rings is 1. The Kier molecular flexibility index (Phi) is 4.20. The molecule has 0 aliphatic carbocycles. The lowest BCUT2D eigenvalue weighted by Gasteiger charge is -2.11. The van der Waals surface area contributed by atoms with E-state index in [1.807, 2.05) is 18.2 Å². The Morgan fingerprint density at radius 2 is 1.90 bits per heavy atom. The average Bonchev–Trinajstić information content (AvgIpc) is 2.83. The topological polar surface area (TPSA) is 90.9 Å². The quantitative estimate of drug-likeness (QED) is 0.904. The van der Waals surface area contributed by atoms with Crippen LogP contribution in [0.3, 0.4) is 0 Å². The number of nitrogens with zero attached hydrogens (tertiary/aromatic N) is 3. The van der Waals surface area contributed by atoms with Crippen LogP contribution in [0.1, 0.15) is 26.1 Å². The molecular formula is C13H18N4O2S. The summed E-state index contributed by atoms with van der Waals surface area (Å²) in [6.07, 6.45) is 1.63. The number of para-hydroxylation sites is 1. The van der Waals surface area contributed by atoms with Crippen LogP contribution < -0.4 is 5.14 Å². The van der Waals surface area contributed by atoms with Crippen molar-refractivity contribution in [2.24, 2.45) is 11.1 Å². The molecule has 2 aromatic rings. The summed E-state index contributed by atoms with van der Waals surface area (Å²) in [7, 11) is -3.91. The normalized spacial score (nSPS) is 13.3. The van der Waals surface area contributed by atoms with Crippen LogP contribution in [0.2, 0.25) is 0 Å². The summed E-state index contributed by atoms with van der Waals surface area (Å²) in [6.45, 7) is 4.16. The zero-order valence-electron chi connectivity index (χ0n) is 11.5. The van der Waals surface area contributed by atoms with E-state index in [-0.39, 0.29) is 5.16 Å². The third-order valence-corrected chi connectivity index (χ3v) is 3.97. The second kappa shape index (κ2) is 5.72. The lowest BCUT2D eigenvalue weighted by atomic mass is 10.1. The smallest absolute Gasteiger partial charge is 0.269 e. The average molecular weight is 294 g/mol. The predicted octanol–water partition coefficient (Wildman–Crippen LogP) is 1.50. The van der Waals surface area contributed by atoms with Gasteiger partial charge in [0.15, 0.2) is 0 Å². The van der Waals surface area contributed by atoms with Gasteiger partial charge in [0.05, 0.1) is 0 Å². The van der Waals surface area contributed by atoms with E-state index in [9.17, 15) is 8.42 Å². The molecule has 6 nitrogen and oxygen atoms in total. The summed E-state index contributed by atoms with van der Waals surface area (Å²) in [6, 6.07) is 9.12.